The second kappa shape index (κ2) is 8.07. The summed E-state index contributed by atoms with van der Waals surface area (Å²) < 4.78 is 1.70. The first-order valence-corrected chi connectivity index (χ1v) is 9.08. The molecule has 138 valence electrons. The highest BCUT2D eigenvalue weighted by molar-refractivity contribution is 5.71. The van der Waals surface area contributed by atoms with E-state index in [-0.39, 0.29) is 0 Å². The van der Waals surface area contributed by atoms with Crippen LogP contribution >= 0.6 is 0 Å². The van der Waals surface area contributed by atoms with E-state index >= 15 is 0 Å². The predicted octanol–water partition coefficient (Wildman–Crippen LogP) is 2.71. The Bertz CT molecular complexity index is 886. The van der Waals surface area contributed by atoms with Gasteiger partial charge >= 0.3 is 0 Å². The number of aromatic nitrogens is 6. The van der Waals surface area contributed by atoms with E-state index < -0.39 is 0 Å². The summed E-state index contributed by atoms with van der Waals surface area (Å²) in [6, 6.07) is 1.98. The molecule has 0 saturated heterocycles. The minimum absolute atomic E-state index is 0.736. The molecule has 3 heterocycles. The van der Waals surface area contributed by atoms with Crippen molar-refractivity contribution in [1.29, 1.82) is 0 Å². The van der Waals surface area contributed by atoms with Crippen LogP contribution in [0.2, 0.25) is 0 Å². The van der Waals surface area contributed by atoms with E-state index in [0.29, 0.717) is 0 Å². The summed E-state index contributed by atoms with van der Waals surface area (Å²) in [6.07, 6.45) is 4.80. The summed E-state index contributed by atoms with van der Waals surface area (Å²) in [5, 5.41) is 19.4. The first-order valence-electron chi connectivity index (χ1n) is 9.08. The van der Waals surface area contributed by atoms with Crippen molar-refractivity contribution in [3.8, 4) is 0 Å². The Labute approximate surface area is 153 Å². The average Bonchev–Trinajstić information content (AvgIpc) is 3.07. The minimum atomic E-state index is 0.736. The molecule has 3 aromatic rings. The topological polar surface area (TPSA) is 92.9 Å². The Morgan fingerprint density at radius 2 is 1.88 bits per heavy atom. The van der Waals surface area contributed by atoms with Gasteiger partial charge in [0.2, 0.25) is 5.65 Å². The van der Waals surface area contributed by atoms with Crippen LogP contribution in [0.25, 0.3) is 5.65 Å². The molecule has 3 aromatic heterocycles. The summed E-state index contributed by atoms with van der Waals surface area (Å²) in [6.45, 7) is 9.69. The summed E-state index contributed by atoms with van der Waals surface area (Å²) in [5.74, 6) is 1.79. The van der Waals surface area contributed by atoms with Crippen LogP contribution in [-0.2, 0) is 6.42 Å². The minimum Gasteiger partial charge on any atom is -0.380 e. The lowest BCUT2D eigenvalue weighted by atomic mass is 10.2. The number of hydrogen-bond donors (Lipinski definition) is 2. The van der Waals surface area contributed by atoms with Gasteiger partial charge in [-0.1, -0.05) is 13.3 Å². The molecule has 0 bridgehead atoms. The lowest BCUT2D eigenvalue weighted by molar-refractivity contribution is 0.748. The normalized spacial score (nSPS) is 11.1. The molecule has 8 heteroatoms. The van der Waals surface area contributed by atoms with Crippen molar-refractivity contribution in [2.24, 2.45) is 0 Å². The highest BCUT2D eigenvalue weighted by Gasteiger charge is 2.11. The second-order valence-corrected chi connectivity index (χ2v) is 6.45. The van der Waals surface area contributed by atoms with Gasteiger partial charge in [-0.2, -0.15) is 9.61 Å². The number of fused-ring (bicyclic) bond motifs is 1. The fourth-order valence-corrected chi connectivity index (χ4v) is 2.81. The van der Waals surface area contributed by atoms with Gasteiger partial charge in [0.05, 0.1) is 11.4 Å². The number of rotatable bonds is 8. The fourth-order valence-electron chi connectivity index (χ4n) is 2.81. The van der Waals surface area contributed by atoms with Crippen molar-refractivity contribution in [3.63, 3.8) is 0 Å². The van der Waals surface area contributed by atoms with E-state index in [2.05, 4.69) is 42.8 Å². The van der Waals surface area contributed by atoms with Gasteiger partial charge in [-0.25, -0.2) is 9.97 Å². The molecular formula is C18H26N8. The maximum absolute atomic E-state index is 4.60. The zero-order valence-electron chi connectivity index (χ0n) is 15.9. The van der Waals surface area contributed by atoms with Gasteiger partial charge in [0.1, 0.15) is 18.0 Å². The molecule has 0 amide bonds. The fraction of sp³-hybridized carbons (Fsp3) is 0.500. The van der Waals surface area contributed by atoms with Crippen LogP contribution < -0.4 is 10.6 Å². The summed E-state index contributed by atoms with van der Waals surface area (Å²) in [7, 11) is 0. The predicted molar refractivity (Wildman–Crippen MR) is 103 cm³/mol. The molecule has 0 fully saturated rings. The van der Waals surface area contributed by atoms with Crippen molar-refractivity contribution in [3.05, 3.63) is 35.2 Å². The average molecular weight is 354 g/mol. The van der Waals surface area contributed by atoms with Gasteiger partial charge in [-0.05, 0) is 32.8 Å². The van der Waals surface area contributed by atoms with Crippen LogP contribution in [0.5, 0.6) is 0 Å². The first-order chi connectivity index (χ1) is 12.6. The van der Waals surface area contributed by atoms with E-state index in [1.165, 1.54) is 0 Å². The van der Waals surface area contributed by atoms with Crippen LogP contribution in [0.4, 0.5) is 11.5 Å². The maximum atomic E-state index is 4.60. The lowest BCUT2D eigenvalue weighted by Gasteiger charge is -2.13. The number of nitrogens with zero attached hydrogens (tertiary/aromatic N) is 6. The van der Waals surface area contributed by atoms with Crippen LogP contribution in [-0.4, -0.2) is 42.9 Å². The SMILES string of the molecule is CCCCc1nc(C)cc(NCCNc2c(C)c(C)nn3cnnc23)n1. The lowest BCUT2D eigenvalue weighted by Crippen LogP contribution is -2.17. The summed E-state index contributed by atoms with van der Waals surface area (Å²) >= 11 is 0. The van der Waals surface area contributed by atoms with Crippen LogP contribution in [0.15, 0.2) is 12.4 Å². The van der Waals surface area contributed by atoms with E-state index in [1.807, 2.05) is 26.8 Å². The zero-order valence-corrected chi connectivity index (χ0v) is 15.9. The molecule has 0 unspecified atom stereocenters. The summed E-state index contributed by atoms with van der Waals surface area (Å²) in [4.78, 5) is 9.11. The van der Waals surface area contributed by atoms with Crippen LogP contribution in [0.3, 0.4) is 0 Å². The van der Waals surface area contributed by atoms with Gasteiger partial charge in [-0.15, -0.1) is 10.2 Å². The standard InChI is InChI=1S/C18H26N8/c1-5-6-7-15-22-12(2)10-16(23-15)19-8-9-20-17-13(3)14(4)25-26-11-21-24-18(17)26/h10-11,20H,5-9H2,1-4H3,(H,19,22,23). The number of anilines is 2. The molecule has 0 aliphatic rings. The highest BCUT2D eigenvalue weighted by atomic mass is 15.3. The first kappa shape index (κ1) is 18.0. The van der Waals surface area contributed by atoms with E-state index in [4.69, 9.17) is 0 Å². The van der Waals surface area contributed by atoms with Gasteiger partial charge in [0, 0.05) is 31.3 Å². The Hall–Kier alpha value is -2.77. The second-order valence-electron chi connectivity index (χ2n) is 6.45. The largest absolute Gasteiger partial charge is 0.380 e. The Balaban J connectivity index is 1.62. The molecule has 0 aliphatic carbocycles. The van der Waals surface area contributed by atoms with Gasteiger partial charge in [-0.3, -0.25) is 0 Å². The number of hydrogen-bond acceptors (Lipinski definition) is 7. The van der Waals surface area contributed by atoms with Gasteiger partial charge in [0.25, 0.3) is 0 Å². The Morgan fingerprint density at radius 3 is 2.69 bits per heavy atom. The van der Waals surface area contributed by atoms with Crippen molar-refractivity contribution in [2.45, 2.75) is 47.0 Å². The molecule has 0 aliphatic heterocycles. The smallest absolute Gasteiger partial charge is 0.200 e. The van der Waals surface area contributed by atoms with Crippen molar-refractivity contribution < 1.29 is 0 Å². The molecule has 0 radical (unpaired) electrons. The molecule has 0 saturated carbocycles. The monoisotopic (exact) mass is 354 g/mol. The Morgan fingerprint density at radius 1 is 1.08 bits per heavy atom. The molecule has 26 heavy (non-hydrogen) atoms. The molecule has 0 atom stereocenters. The van der Waals surface area contributed by atoms with Crippen LogP contribution in [0, 0.1) is 20.8 Å². The quantitative estimate of drug-likeness (QED) is 0.601. The summed E-state index contributed by atoms with van der Waals surface area (Å²) in [5.41, 5.74) is 4.75. The number of nitrogens with one attached hydrogen (secondary N) is 2. The third-order valence-electron chi connectivity index (χ3n) is 4.32. The van der Waals surface area contributed by atoms with Crippen molar-refractivity contribution in [2.75, 3.05) is 23.7 Å². The zero-order chi connectivity index (χ0) is 18.5. The van der Waals surface area contributed by atoms with E-state index in [0.717, 1.165) is 72.3 Å². The van der Waals surface area contributed by atoms with E-state index in [1.54, 1.807) is 10.8 Å². The molecule has 0 spiro atoms. The van der Waals surface area contributed by atoms with Crippen molar-refractivity contribution in [1.82, 2.24) is 29.8 Å². The highest BCUT2D eigenvalue weighted by Crippen LogP contribution is 2.21. The number of aryl methyl sites for hydroxylation is 3. The van der Waals surface area contributed by atoms with Gasteiger partial charge in [0.15, 0.2) is 0 Å². The maximum Gasteiger partial charge on any atom is 0.200 e. The third kappa shape index (κ3) is 4.07. The molecular weight excluding hydrogens is 328 g/mol. The molecule has 3 rings (SSSR count). The van der Waals surface area contributed by atoms with E-state index in [9.17, 15) is 0 Å². The Kier molecular flexibility index (Phi) is 5.60. The molecule has 2 N–H and O–H groups in total. The van der Waals surface area contributed by atoms with Crippen LogP contribution in [0.1, 0.15) is 42.5 Å². The number of unbranched alkanes of at least 4 members (excludes halogenated alkanes) is 1. The van der Waals surface area contributed by atoms with Gasteiger partial charge < -0.3 is 10.6 Å². The van der Waals surface area contributed by atoms with Crippen molar-refractivity contribution >= 4 is 17.2 Å². The molecule has 0 aromatic carbocycles. The third-order valence-corrected chi connectivity index (χ3v) is 4.32. The molecule has 8 nitrogen and oxygen atoms in total.